The molecule has 1 saturated heterocycles. The second kappa shape index (κ2) is 5.57. The van der Waals surface area contributed by atoms with Gasteiger partial charge in [0.15, 0.2) is 0 Å². The first-order valence-electron chi connectivity index (χ1n) is 7.74. The average molecular weight is 273 g/mol. The lowest BCUT2D eigenvalue weighted by molar-refractivity contribution is -0.268. The largest absolute Gasteiger partial charge is 0.272 e. The minimum atomic E-state index is -0.118. The number of benzene rings is 1. The zero-order chi connectivity index (χ0) is 14.0. The summed E-state index contributed by atoms with van der Waals surface area (Å²) in [6.07, 6.45) is 6.99. The third kappa shape index (κ3) is 2.24. The summed E-state index contributed by atoms with van der Waals surface area (Å²) in [5, 5.41) is 1.61. The molecule has 1 aromatic carbocycles. The summed E-state index contributed by atoms with van der Waals surface area (Å²) in [5.74, 6) is 0.211. The Labute approximate surface area is 120 Å². The zero-order valence-electron chi connectivity index (χ0n) is 12.2. The summed E-state index contributed by atoms with van der Waals surface area (Å²) < 4.78 is 0. The molecule has 3 nitrogen and oxygen atoms in total. The molecule has 1 unspecified atom stereocenters. The van der Waals surface area contributed by atoms with Crippen molar-refractivity contribution in [2.45, 2.75) is 58.1 Å². The smallest absolute Gasteiger partial charge is 0.254 e. The molecule has 2 fully saturated rings. The van der Waals surface area contributed by atoms with E-state index in [1.165, 1.54) is 25.7 Å². The van der Waals surface area contributed by atoms with Gasteiger partial charge in [0.2, 0.25) is 0 Å². The maximum atomic E-state index is 12.5. The van der Waals surface area contributed by atoms with E-state index in [2.05, 4.69) is 6.92 Å². The predicted molar refractivity (Wildman–Crippen MR) is 77.7 cm³/mol. The van der Waals surface area contributed by atoms with Crippen LogP contribution < -0.4 is 0 Å². The number of carbonyl (C=O) groups excluding carboxylic acids is 1. The van der Waals surface area contributed by atoms with Crippen LogP contribution in [0.3, 0.4) is 0 Å². The Balaban J connectivity index is 1.61. The SMILES string of the molecule is CC1N(OCc2ccccc2)C(=O)C12CCCCCC2. The predicted octanol–water partition coefficient (Wildman–Crippen LogP) is 3.69. The highest BCUT2D eigenvalue weighted by Gasteiger charge is 2.58. The Morgan fingerprint density at radius 2 is 1.80 bits per heavy atom. The van der Waals surface area contributed by atoms with E-state index in [0.717, 1.165) is 18.4 Å². The van der Waals surface area contributed by atoms with Crippen LogP contribution in [0.15, 0.2) is 30.3 Å². The Kier molecular flexibility index (Phi) is 3.79. The van der Waals surface area contributed by atoms with Gasteiger partial charge in [0.25, 0.3) is 5.91 Å². The Morgan fingerprint density at radius 1 is 1.15 bits per heavy atom. The molecule has 3 heteroatoms. The van der Waals surface area contributed by atoms with Crippen LogP contribution in [0.25, 0.3) is 0 Å². The number of β-lactam (4-membered cyclic amide) rings is 1. The molecule has 20 heavy (non-hydrogen) atoms. The van der Waals surface area contributed by atoms with Gasteiger partial charge in [-0.1, -0.05) is 56.0 Å². The number of hydrogen-bond donors (Lipinski definition) is 0. The van der Waals surface area contributed by atoms with Gasteiger partial charge in [0.1, 0.15) is 6.61 Å². The van der Waals surface area contributed by atoms with E-state index in [1.54, 1.807) is 5.06 Å². The van der Waals surface area contributed by atoms with Gasteiger partial charge in [-0.25, -0.2) is 5.06 Å². The number of carbonyl (C=O) groups is 1. The van der Waals surface area contributed by atoms with Gasteiger partial charge in [0, 0.05) is 0 Å². The van der Waals surface area contributed by atoms with Gasteiger partial charge in [-0.15, -0.1) is 0 Å². The molecule has 0 N–H and O–H groups in total. The normalized spacial score (nSPS) is 25.4. The fourth-order valence-corrected chi connectivity index (χ4v) is 3.61. The second-order valence-electron chi connectivity index (χ2n) is 6.14. The van der Waals surface area contributed by atoms with Crippen molar-refractivity contribution >= 4 is 5.91 Å². The fourth-order valence-electron chi connectivity index (χ4n) is 3.61. The van der Waals surface area contributed by atoms with Crippen LogP contribution in [0.2, 0.25) is 0 Å². The first-order valence-corrected chi connectivity index (χ1v) is 7.74. The van der Waals surface area contributed by atoms with Gasteiger partial charge >= 0.3 is 0 Å². The number of hydroxylamine groups is 2. The summed E-state index contributed by atoms with van der Waals surface area (Å²) in [6, 6.07) is 10.2. The van der Waals surface area contributed by atoms with Crippen LogP contribution in [-0.2, 0) is 16.2 Å². The topological polar surface area (TPSA) is 29.5 Å². The number of nitrogens with zero attached hydrogens (tertiary/aromatic N) is 1. The Morgan fingerprint density at radius 3 is 2.40 bits per heavy atom. The van der Waals surface area contributed by atoms with Crippen LogP contribution in [0.4, 0.5) is 0 Å². The minimum absolute atomic E-state index is 0.118. The maximum absolute atomic E-state index is 12.5. The summed E-state index contributed by atoms with van der Waals surface area (Å²) in [6.45, 7) is 2.62. The minimum Gasteiger partial charge on any atom is -0.272 e. The van der Waals surface area contributed by atoms with Crippen molar-refractivity contribution in [1.82, 2.24) is 5.06 Å². The van der Waals surface area contributed by atoms with E-state index >= 15 is 0 Å². The molecule has 1 aliphatic heterocycles. The van der Waals surface area contributed by atoms with Crippen LogP contribution >= 0.6 is 0 Å². The lowest BCUT2D eigenvalue weighted by atomic mass is 9.67. The van der Waals surface area contributed by atoms with Gasteiger partial charge in [-0.05, 0) is 25.3 Å². The first kappa shape index (κ1) is 13.6. The quantitative estimate of drug-likeness (QED) is 0.786. The van der Waals surface area contributed by atoms with Crippen molar-refractivity contribution in [3.63, 3.8) is 0 Å². The zero-order valence-corrected chi connectivity index (χ0v) is 12.2. The number of amides is 1. The van der Waals surface area contributed by atoms with Gasteiger partial charge < -0.3 is 0 Å². The van der Waals surface area contributed by atoms with E-state index in [4.69, 9.17) is 4.84 Å². The number of rotatable bonds is 3. The van der Waals surface area contributed by atoms with Crippen molar-refractivity contribution in [3.05, 3.63) is 35.9 Å². The molecule has 0 bridgehead atoms. The summed E-state index contributed by atoms with van der Waals surface area (Å²) in [7, 11) is 0. The molecule has 1 aromatic rings. The monoisotopic (exact) mass is 273 g/mol. The van der Waals surface area contributed by atoms with Crippen LogP contribution in [-0.4, -0.2) is 17.0 Å². The van der Waals surface area contributed by atoms with E-state index in [9.17, 15) is 4.79 Å². The van der Waals surface area contributed by atoms with Crippen LogP contribution in [0.5, 0.6) is 0 Å². The first-order chi connectivity index (χ1) is 9.74. The van der Waals surface area contributed by atoms with E-state index in [0.29, 0.717) is 6.61 Å². The Bertz CT molecular complexity index is 463. The second-order valence-corrected chi connectivity index (χ2v) is 6.14. The molecule has 1 aliphatic carbocycles. The highest BCUT2D eigenvalue weighted by molar-refractivity contribution is 5.89. The summed E-state index contributed by atoms with van der Waals surface area (Å²) >= 11 is 0. The van der Waals surface area contributed by atoms with Gasteiger partial charge in [-0.2, -0.15) is 0 Å². The van der Waals surface area contributed by atoms with Crippen molar-refractivity contribution in [1.29, 1.82) is 0 Å². The van der Waals surface area contributed by atoms with Crippen molar-refractivity contribution < 1.29 is 9.63 Å². The van der Waals surface area contributed by atoms with Gasteiger partial charge in [-0.3, -0.25) is 9.63 Å². The van der Waals surface area contributed by atoms with E-state index in [1.807, 2.05) is 30.3 Å². The lowest BCUT2D eigenvalue weighted by Crippen LogP contribution is -2.67. The summed E-state index contributed by atoms with van der Waals surface area (Å²) in [4.78, 5) is 18.3. The highest BCUT2D eigenvalue weighted by atomic mass is 16.7. The molecule has 1 heterocycles. The number of hydrogen-bond acceptors (Lipinski definition) is 2. The molecule has 0 radical (unpaired) electrons. The molecule has 108 valence electrons. The molecule has 0 aromatic heterocycles. The van der Waals surface area contributed by atoms with Crippen molar-refractivity contribution in [2.75, 3.05) is 0 Å². The molecule has 2 aliphatic rings. The van der Waals surface area contributed by atoms with Gasteiger partial charge in [0.05, 0.1) is 11.5 Å². The summed E-state index contributed by atoms with van der Waals surface area (Å²) in [5.41, 5.74) is 0.988. The third-order valence-electron chi connectivity index (χ3n) is 4.99. The third-order valence-corrected chi connectivity index (χ3v) is 4.99. The fraction of sp³-hybridized carbons (Fsp3) is 0.588. The molecule has 1 saturated carbocycles. The van der Waals surface area contributed by atoms with Crippen molar-refractivity contribution in [3.8, 4) is 0 Å². The van der Waals surface area contributed by atoms with E-state index in [-0.39, 0.29) is 17.4 Å². The molecular formula is C17H23NO2. The molecular weight excluding hydrogens is 250 g/mol. The molecule has 1 amide bonds. The molecule has 1 atom stereocenters. The average Bonchev–Trinajstić information content (AvgIpc) is 2.76. The van der Waals surface area contributed by atoms with Crippen LogP contribution in [0.1, 0.15) is 51.0 Å². The Hall–Kier alpha value is -1.35. The molecule has 1 spiro atoms. The maximum Gasteiger partial charge on any atom is 0.254 e. The molecule has 3 rings (SSSR count). The van der Waals surface area contributed by atoms with Crippen LogP contribution in [0, 0.1) is 5.41 Å². The van der Waals surface area contributed by atoms with Crippen molar-refractivity contribution in [2.24, 2.45) is 5.41 Å². The standard InChI is InChI=1S/C17H23NO2/c1-14-17(11-7-2-3-8-12-17)16(19)18(14)20-13-15-9-5-4-6-10-15/h4-6,9-10,14H,2-3,7-8,11-13H2,1H3. The highest BCUT2D eigenvalue weighted by Crippen LogP contribution is 2.49. The lowest BCUT2D eigenvalue weighted by Gasteiger charge is -2.53. The van der Waals surface area contributed by atoms with E-state index < -0.39 is 0 Å².